The van der Waals surface area contributed by atoms with Gasteiger partial charge in [0, 0.05) is 11.3 Å². The van der Waals surface area contributed by atoms with Gasteiger partial charge >= 0.3 is 5.97 Å². The molecule has 0 spiro atoms. The van der Waals surface area contributed by atoms with Gasteiger partial charge in [-0.25, -0.2) is 9.78 Å². The molecule has 1 heterocycles. The molecule has 6 N–H and O–H groups in total. The number of nitrogen functional groups attached to an aromatic ring is 2. The van der Waals surface area contributed by atoms with Gasteiger partial charge < -0.3 is 26.4 Å². The number of aryl methyl sites for hydroxylation is 1. The molecule has 1 rings (SSSR count). The van der Waals surface area contributed by atoms with Crippen LogP contribution in [0.5, 0.6) is 0 Å². The van der Waals surface area contributed by atoms with Crippen LogP contribution in [0.15, 0.2) is 6.07 Å². The summed E-state index contributed by atoms with van der Waals surface area (Å²) in [7, 11) is 0. The third-order valence-corrected chi connectivity index (χ3v) is 2.46. The van der Waals surface area contributed by atoms with Gasteiger partial charge in [-0.3, -0.25) is 0 Å². The van der Waals surface area contributed by atoms with E-state index in [1.54, 1.807) is 13.8 Å². The monoisotopic (exact) mass is 255 g/mol. The number of nitrogens with zero attached hydrogens (tertiary/aromatic N) is 1. The zero-order valence-electron chi connectivity index (χ0n) is 10.3. The molecule has 0 aliphatic carbocycles. The highest BCUT2D eigenvalue weighted by Crippen LogP contribution is 2.25. The van der Waals surface area contributed by atoms with E-state index in [-0.39, 0.29) is 23.7 Å². The van der Waals surface area contributed by atoms with E-state index in [4.69, 9.17) is 11.5 Å². The number of nitrogens with two attached hydrogens (primary N) is 2. The van der Waals surface area contributed by atoms with Crippen LogP contribution in [-0.4, -0.2) is 33.9 Å². The van der Waals surface area contributed by atoms with Crippen molar-refractivity contribution in [2.24, 2.45) is 0 Å². The molecule has 0 aromatic carbocycles. The molecule has 7 heteroatoms. The van der Waals surface area contributed by atoms with Crippen LogP contribution in [0, 0.1) is 6.92 Å². The first-order valence-electron chi connectivity index (χ1n) is 5.43. The first kappa shape index (κ1) is 14.2. The van der Waals surface area contributed by atoms with Crippen LogP contribution >= 0.6 is 0 Å². The number of aromatic nitrogens is 1. The normalized spacial score (nSPS) is 14.0. The Morgan fingerprint density at radius 2 is 2.11 bits per heavy atom. The largest absolute Gasteiger partial charge is 0.464 e. The number of aliphatic hydroxyl groups is 2. The van der Waals surface area contributed by atoms with E-state index >= 15 is 0 Å². The van der Waals surface area contributed by atoms with E-state index in [1.165, 1.54) is 6.07 Å². The Labute approximate surface area is 104 Å². The summed E-state index contributed by atoms with van der Waals surface area (Å²) in [6.45, 7) is 3.31. The molecule has 0 aliphatic rings. The minimum Gasteiger partial charge on any atom is -0.464 e. The maximum absolute atomic E-state index is 11.3. The number of anilines is 2. The predicted octanol–water partition coefficient (Wildman–Crippen LogP) is -0.488. The Morgan fingerprint density at radius 3 is 2.67 bits per heavy atom. The van der Waals surface area contributed by atoms with E-state index in [2.05, 4.69) is 9.72 Å². The van der Waals surface area contributed by atoms with Crippen LogP contribution in [0.1, 0.15) is 24.3 Å². The van der Waals surface area contributed by atoms with Crippen LogP contribution in [-0.2, 0) is 9.53 Å². The molecular weight excluding hydrogens is 238 g/mol. The Bertz CT molecular complexity index is 450. The van der Waals surface area contributed by atoms with Gasteiger partial charge in [-0.2, -0.15) is 0 Å². The summed E-state index contributed by atoms with van der Waals surface area (Å²) in [6.07, 6.45) is -3.15. The average molecular weight is 255 g/mol. The minimum absolute atomic E-state index is 0.115. The molecule has 100 valence electrons. The van der Waals surface area contributed by atoms with Gasteiger partial charge in [0.15, 0.2) is 6.10 Å². The molecule has 0 bridgehead atoms. The van der Waals surface area contributed by atoms with E-state index < -0.39 is 18.2 Å². The summed E-state index contributed by atoms with van der Waals surface area (Å²) in [5.74, 6) is -0.770. The molecule has 0 fully saturated rings. The lowest BCUT2D eigenvalue weighted by molar-refractivity contribution is -0.159. The molecule has 1 aromatic rings. The van der Waals surface area contributed by atoms with Crippen molar-refractivity contribution in [3.8, 4) is 0 Å². The second-order valence-electron chi connectivity index (χ2n) is 3.78. The number of carbonyl (C=O) groups is 1. The molecule has 18 heavy (non-hydrogen) atoms. The summed E-state index contributed by atoms with van der Waals surface area (Å²) in [4.78, 5) is 15.2. The van der Waals surface area contributed by atoms with Crippen molar-refractivity contribution in [2.75, 3.05) is 18.1 Å². The van der Waals surface area contributed by atoms with E-state index in [9.17, 15) is 15.0 Å². The number of ether oxygens (including phenoxy) is 1. The summed E-state index contributed by atoms with van der Waals surface area (Å²) in [5.41, 5.74) is 11.9. The Balaban J connectivity index is 3.00. The molecular formula is C11H17N3O4. The summed E-state index contributed by atoms with van der Waals surface area (Å²) >= 11 is 0. The van der Waals surface area contributed by atoms with Gasteiger partial charge in [0.05, 0.1) is 12.3 Å². The molecule has 7 nitrogen and oxygen atoms in total. The minimum atomic E-state index is -1.69. The third kappa shape index (κ3) is 2.88. The number of hydrogen-bond acceptors (Lipinski definition) is 7. The first-order valence-corrected chi connectivity index (χ1v) is 5.43. The SMILES string of the molecule is CCOC(=O)C(O)C(O)c1cc(N)c(N)nc1C. The molecule has 0 radical (unpaired) electrons. The maximum Gasteiger partial charge on any atom is 0.338 e. The van der Waals surface area contributed by atoms with Crippen LogP contribution < -0.4 is 11.5 Å². The molecule has 2 unspecified atom stereocenters. The Morgan fingerprint density at radius 1 is 1.50 bits per heavy atom. The molecule has 1 aromatic heterocycles. The predicted molar refractivity (Wildman–Crippen MR) is 65.4 cm³/mol. The standard InChI is InChI=1S/C11H17N3O4/c1-3-18-11(17)9(16)8(15)6-4-7(12)10(13)14-5(6)2/h4,8-9,15-16H,3,12H2,1-2H3,(H2,13,14). The summed E-state index contributed by atoms with van der Waals surface area (Å²) in [5, 5.41) is 19.5. The van der Waals surface area contributed by atoms with Crippen molar-refractivity contribution in [1.82, 2.24) is 4.98 Å². The van der Waals surface area contributed by atoms with Crippen molar-refractivity contribution in [3.05, 3.63) is 17.3 Å². The van der Waals surface area contributed by atoms with Gasteiger partial charge in [0.1, 0.15) is 11.9 Å². The fourth-order valence-corrected chi connectivity index (χ4v) is 1.48. The lowest BCUT2D eigenvalue weighted by atomic mass is 10.0. The van der Waals surface area contributed by atoms with Crippen molar-refractivity contribution >= 4 is 17.5 Å². The molecule has 0 amide bonds. The van der Waals surface area contributed by atoms with Crippen LogP contribution in [0.2, 0.25) is 0 Å². The van der Waals surface area contributed by atoms with Crippen LogP contribution in [0.3, 0.4) is 0 Å². The second kappa shape index (κ2) is 5.65. The fraction of sp³-hybridized carbons (Fsp3) is 0.455. The van der Waals surface area contributed by atoms with E-state index in [0.29, 0.717) is 5.69 Å². The van der Waals surface area contributed by atoms with Gasteiger partial charge in [-0.15, -0.1) is 0 Å². The lowest BCUT2D eigenvalue weighted by Crippen LogP contribution is -2.30. The fourth-order valence-electron chi connectivity index (χ4n) is 1.48. The summed E-state index contributed by atoms with van der Waals surface area (Å²) in [6, 6.07) is 1.38. The van der Waals surface area contributed by atoms with Crippen molar-refractivity contribution < 1.29 is 19.7 Å². The van der Waals surface area contributed by atoms with Crippen LogP contribution in [0.4, 0.5) is 11.5 Å². The van der Waals surface area contributed by atoms with Crippen molar-refractivity contribution in [2.45, 2.75) is 26.1 Å². The van der Waals surface area contributed by atoms with Gasteiger partial charge in [-0.05, 0) is 19.9 Å². The van der Waals surface area contributed by atoms with Crippen molar-refractivity contribution in [3.63, 3.8) is 0 Å². The number of carbonyl (C=O) groups excluding carboxylic acids is 1. The lowest BCUT2D eigenvalue weighted by Gasteiger charge is -2.18. The molecule has 0 saturated carbocycles. The Hall–Kier alpha value is -1.86. The third-order valence-electron chi connectivity index (χ3n) is 2.46. The summed E-state index contributed by atoms with van der Waals surface area (Å²) < 4.78 is 4.61. The molecule has 0 aliphatic heterocycles. The van der Waals surface area contributed by atoms with Gasteiger partial charge in [-0.1, -0.05) is 0 Å². The van der Waals surface area contributed by atoms with E-state index in [0.717, 1.165) is 0 Å². The van der Waals surface area contributed by atoms with Gasteiger partial charge in [0.25, 0.3) is 0 Å². The topological polar surface area (TPSA) is 132 Å². The molecule has 2 atom stereocenters. The quantitative estimate of drug-likeness (QED) is 0.534. The highest BCUT2D eigenvalue weighted by atomic mass is 16.5. The van der Waals surface area contributed by atoms with Crippen LogP contribution in [0.25, 0.3) is 0 Å². The zero-order chi connectivity index (χ0) is 13.9. The highest BCUT2D eigenvalue weighted by molar-refractivity contribution is 5.75. The average Bonchev–Trinajstić information content (AvgIpc) is 2.32. The number of pyridine rings is 1. The zero-order valence-corrected chi connectivity index (χ0v) is 10.3. The Kier molecular flexibility index (Phi) is 4.46. The second-order valence-corrected chi connectivity index (χ2v) is 3.78. The van der Waals surface area contributed by atoms with E-state index in [1.807, 2.05) is 0 Å². The molecule has 0 saturated heterocycles. The number of aliphatic hydroxyl groups excluding tert-OH is 2. The smallest absolute Gasteiger partial charge is 0.338 e. The highest BCUT2D eigenvalue weighted by Gasteiger charge is 2.28. The first-order chi connectivity index (χ1) is 8.38. The van der Waals surface area contributed by atoms with Gasteiger partial charge in [0.2, 0.25) is 0 Å². The maximum atomic E-state index is 11.3. The number of hydrogen-bond donors (Lipinski definition) is 4. The number of rotatable bonds is 4. The number of esters is 1. The van der Waals surface area contributed by atoms with Crippen molar-refractivity contribution in [1.29, 1.82) is 0 Å².